The Hall–Kier alpha value is -3.00. The SMILES string of the molecule is COc1cc(/C=C2\N=C(c3cccc([N+](=O)[O-])c3C)OC2=O)cc(I)c1OCc1cccc(I)c1. The smallest absolute Gasteiger partial charge is 0.363 e. The lowest BCUT2D eigenvalue weighted by molar-refractivity contribution is -0.385. The highest BCUT2D eigenvalue weighted by Gasteiger charge is 2.27. The van der Waals surface area contributed by atoms with Crippen molar-refractivity contribution in [3.05, 3.63) is 99.8 Å². The second-order valence-electron chi connectivity index (χ2n) is 7.50. The second-order valence-corrected chi connectivity index (χ2v) is 9.90. The van der Waals surface area contributed by atoms with Gasteiger partial charge in [-0.3, -0.25) is 10.1 Å². The lowest BCUT2D eigenvalue weighted by Gasteiger charge is -2.14. The molecule has 3 aromatic carbocycles. The number of benzene rings is 3. The van der Waals surface area contributed by atoms with Gasteiger partial charge in [-0.1, -0.05) is 18.2 Å². The van der Waals surface area contributed by atoms with Gasteiger partial charge in [-0.05, 0) is 99.6 Å². The molecular weight excluding hydrogens is 678 g/mol. The number of ether oxygens (including phenoxy) is 3. The molecule has 0 amide bonds. The van der Waals surface area contributed by atoms with Crippen LogP contribution in [0.4, 0.5) is 5.69 Å². The summed E-state index contributed by atoms with van der Waals surface area (Å²) in [5, 5.41) is 11.2. The minimum atomic E-state index is -0.640. The van der Waals surface area contributed by atoms with Gasteiger partial charge in [0.15, 0.2) is 17.2 Å². The molecule has 0 unspecified atom stereocenters. The number of hydrogen-bond acceptors (Lipinski definition) is 7. The van der Waals surface area contributed by atoms with E-state index in [0.29, 0.717) is 34.8 Å². The van der Waals surface area contributed by atoms with Crippen LogP contribution in [-0.2, 0) is 16.1 Å². The maximum absolute atomic E-state index is 12.5. The summed E-state index contributed by atoms with van der Waals surface area (Å²) in [6.45, 7) is 1.97. The van der Waals surface area contributed by atoms with E-state index < -0.39 is 10.9 Å². The molecular formula is C25H18I2N2O6. The molecule has 1 aliphatic rings. The van der Waals surface area contributed by atoms with Crippen LogP contribution in [0.3, 0.4) is 0 Å². The topological polar surface area (TPSA) is 100 Å². The number of carbonyl (C=O) groups excluding carboxylic acids is 1. The van der Waals surface area contributed by atoms with Gasteiger partial charge in [-0.2, -0.15) is 0 Å². The highest BCUT2D eigenvalue weighted by atomic mass is 127. The molecule has 0 N–H and O–H groups in total. The largest absolute Gasteiger partial charge is 0.493 e. The number of hydrogen-bond donors (Lipinski definition) is 0. The van der Waals surface area contributed by atoms with Crippen molar-refractivity contribution < 1.29 is 23.9 Å². The number of esters is 1. The molecule has 10 heteroatoms. The lowest BCUT2D eigenvalue weighted by atomic mass is 10.1. The van der Waals surface area contributed by atoms with E-state index in [9.17, 15) is 14.9 Å². The van der Waals surface area contributed by atoms with Gasteiger partial charge >= 0.3 is 5.97 Å². The van der Waals surface area contributed by atoms with Gasteiger partial charge in [0.05, 0.1) is 15.6 Å². The lowest BCUT2D eigenvalue weighted by Crippen LogP contribution is -2.08. The number of nitro benzene ring substituents is 1. The first kappa shape index (κ1) is 25.1. The minimum Gasteiger partial charge on any atom is -0.493 e. The molecule has 1 aliphatic heterocycles. The van der Waals surface area contributed by atoms with E-state index in [1.54, 1.807) is 32.2 Å². The number of carbonyl (C=O) groups is 1. The third-order valence-electron chi connectivity index (χ3n) is 5.18. The highest BCUT2D eigenvalue weighted by molar-refractivity contribution is 14.1. The molecule has 4 rings (SSSR count). The number of nitrogens with zero attached hydrogens (tertiary/aromatic N) is 2. The van der Waals surface area contributed by atoms with Crippen molar-refractivity contribution in [2.45, 2.75) is 13.5 Å². The highest BCUT2D eigenvalue weighted by Crippen LogP contribution is 2.36. The number of nitro groups is 1. The van der Waals surface area contributed by atoms with Gasteiger partial charge in [0.25, 0.3) is 5.69 Å². The van der Waals surface area contributed by atoms with Crippen LogP contribution < -0.4 is 9.47 Å². The van der Waals surface area contributed by atoms with E-state index in [1.807, 2.05) is 30.3 Å². The third-order valence-corrected chi connectivity index (χ3v) is 6.65. The molecule has 0 atom stereocenters. The zero-order valence-corrected chi connectivity index (χ0v) is 22.9. The van der Waals surface area contributed by atoms with E-state index in [0.717, 1.165) is 12.7 Å². The van der Waals surface area contributed by atoms with Crippen molar-refractivity contribution in [1.82, 2.24) is 0 Å². The molecule has 0 bridgehead atoms. The van der Waals surface area contributed by atoms with Gasteiger partial charge in [-0.25, -0.2) is 9.79 Å². The fourth-order valence-electron chi connectivity index (χ4n) is 3.48. The first-order chi connectivity index (χ1) is 16.8. The fourth-order valence-corrected chi connectivity index (χ4v) is 4.87. The summed E-state index contributed by atoms with van der Waals surface area (Å²) < 4.78 is 18.8. The predicted molar refractivity (Wildman–Crippen MR) is 148 cm³/mol. The summed E-state index contributed by atoms with van der Waals surface area (Å²) in [6, 6.07) is 16.2. The molecule has 3 aromatic rings. The summed E-state index contributed by atoms with van der Waals surface area (Å²) >= 11 is 4.41. The normalized spacial score (nSPS) is 14.0. The Labute approximate surface area is 228 Å². The van der Waals surface area contributed by atoms with E-state index in [2.05, 4.69) is 50.2 Å². The van der Waals surface area contributed by atoms with Crippen LogP contribution in [0.5, 0.6) is 11.5 Å². The van der Waals surface area contributed by atoms with Crippen LogP contribution in [0.15, 0.2) is 65.3 Å². The van der Waals surface area contributed by atoms with Crippen LogP contribution in [0.1, 0.15) is 22.3 Å². The number of methoxy groups -OCH3 is 1. The molecule has 0 aromatic heterocycles. The maximum atomic E-state index is 12.5. The molecule has 0 fully saturated rings. The van der Waals surface area contributed by atoms with Crippen molar-refractivity contribution >= 4 is 68.8 Å². The van der Waals surface area contributed by atoms with E-state index in [4.69, 9.17) is 14.2 Å². The standard InChI is InChI=1S/C25H18I2N2O6/c1-14-18(7-4-8-21(14)29(31)32)24-28-20(25(30)35-24)11-16-10-19(27)23(22(12-16)33-2)34-13-15-5-3-6-17(26)9-15/h3-12H,13H2,1-2H3/b20-11-. The molecule has 35 heavy (non-hydrogen) atoms. The van der Waals surface area contributed by atoms with Gasteiger partial charge in [-0.15, -0.1) is 0 Å². The van der Waals surface area contributed by atoms with Crippen LogP contribution in [0.2, 0.25) is 0 Å². The monoisotopic (exact) mass is 696 g/mol. The number of aliphatic imine (C=N–C) groups is 1. The fraction of sp³-hybridized carbons (Fsp3) is 0.120. The van der Waals surface area contributed by atoms with Crippen molar-refractivity contribution in [1.29, 1.82) is 0 Å². The van der Waals surface area contributed by atoms with Gasteiger partial charge in [0, 0.05) is 20.8 Å². The maximum Gasteiger partial charge on any atom is 0.363 e. The van der Waals surface area contributed by atoms with Crippen molar-refractivity contribution in [3.63, 3.8) is 0 Å². The summed E-state index contributed by atoms with van der Waals surface area (Å²) in [5.41, 5.74) is 2.47. The van der Waals surface area contributed by atoms with Crippen LogP contribution in [-0.4, -0.2) is 23.9 Å². The van der Waals surface area contributed by atoms with Crippen LogP contribution in [0.25, 0.3) is 6.08 Å². The Kier molecular flexibility index (Phi) is 7.69. The van der Waals surface area contributed by atoms with Gasteiger partial charge in [0.2, 0.25) is 5.90 Å². The molecule has 0 radical (unpaired) electrons. The number of cyclic esters (lactones) is 1. The summed E-state index contributed by atoms with van der Waals surface area (Å²) in [4.78, 5) is 27.5. The zero-order chi connectivity index (χ0) is 25.1. The molecule has 0 saturated carbocycles. The Balaban J connectivity index is 1.62. The molecule has 178 valence electrons. The van der Waals surface area contributed by atoms with E-state index in [1.165, 1.54) is 12.1 Å². The number of rotatable bonds is 7. The molecule has 0 spiro atoms. The second kappa shape index (κ2) is 10.7. The quantitative estimate of drug-likeness (QED) is 0.0982. The van der Waals surface area contributed by atoms with E-state index >= 15 is 0 Å². The van der Waals surface area contributed by atoms with Gasteiger partial charge < -0.3 is 14.2 Å². The van der Waals surface area contributed by atoms with Crippen molar-refractivity contribution in [2.75, 3.05) is 7.11 Å². The molecule has 0 aliphatic carbocycles. The molecule has 8 nitrogen and oxygen atoms in total. The van der Waals surface area contributed by atoms with E-state index in [-0.39, 0.29) is 17.3 Å². The average molecular weight is 696 g/mol. The van der Waals surface area contributed by atoms with Crippen LogP contribution >= 0.6 is 45.2 Å². The summed E-state index contributed by atoms with van der Waals surface area (Å²) in [7, 11) is 1.55. The molecule has 1 heterocycles. The zero-order valence-electron chi connectivity index (χ0n) is 18.6. The first-order valence-corrected chi connectivity index (χ1v) is 12.4. The Morgan fingerprint density at radius 3 is 2.63 bits per heavy atom. The van der Waals surface area contributed by atoms with Crippen LogP contribution in [0, 0.1) is 24.2 Å². The minimum absolute atomic E-state index is 0.0292. The third kappa shape index (κ3) is 5.64. The Bertz CT molecular complexity index is 1400. The number of halogens is 2. The Morgan fingerprint density at radius 1 is 1.14 bits per heavy atom. The average Bonchev–Trinajstić information content (AvgIpc) is 3.17. The predicted octanol–water partition coefficient (Wildman–Crippen LogP) is 6.04. The first-order valence-electron chi connectivity index (χ1n) is 10.3. The van der Waals surface area contributed by atoms with Crippen molar-refractivity contribution in [3.8, 4) is 11.5 Å². The van der Waals surface area contributed by atoms with Gasteiger partial charge in [0.1, 0.15) is 6.61 Å². The summed E-state index contributed by atoms with van der Waals surface area (Å²) in [6.07, 6.45) is 1.58. The molecule has 0 saturated heterocycles. The van der Waals surface area contributed by atoms with Crippen molar-refractivity contribution in [2.24, 2.45) is 4.99 Å². The Morgan fingerprint density at radius 2 is 1.91 bits per heavy atom. The summed E-state index contributed by atoms with van der Waals surface area (Å²) in [5.74, 6) is 0.499.